The maximum absolute atomic E-state index is 13.7. The molecule has 0 aliphatic carbocycles. The van der Waals surface area contributed by atoms with Crippen LogP contribution in [0.1, 0.15) is 26.2 Å². The molecule has 40 heavy (non-hydrogen) atoms. The first kappa shape index (κ1) is 27.7. The maximum atomic E-state index is 13.7. The summed E-state index contributed by atoms with van der Waals surface area (Å²) in [6.45, 7) is 7.98. The molecule has 214 valence electrons. The smallest absolute Gasteiger partial charge is 0.332 e. The van der Waals surface area contributed by atoms with Crippen LogP contribution in [-0.4, -0.2) is 92.5 Å². The SMILES string of the molecule is CC#CCn1c(N2CCC[C@@H](N)C2)nc2c1c(=O)n(CCCN1CCN(c3ncc(OC)cn3)CC1)c(=O)n2C. The highest BCUT2D eigenvalue weighted by molar-refractivity contribution is 5.75. The number of piperazine rings is 1. The first-order valence-corrected chi connectivity index (χ1v) is 13.8. The predicted molar refractivity (Wildman–Crippen MR) is 154 cm³/mol. The normalized spacial score (nSPS) is 18.1. The molecule has 0 amide bonds. The minimum atomic E-state index is -0.355. The highest BCUT2D eigenvalue weighted by Gasteiger charge is 2.26. The average molecular weight is 551 g/mol. The van der Waals surface area contributed by atoms with Crippen molar-refractivity contribution in [2.75, 3.05) is 62.7 Å². The summed E-state index contributed by atoms with van der Waals surface area (Å²) in [4.78, 5) is 47.1. The Labute approximate surface area is 233 Å². The molecule has 3 aromatic heterocycles. The number of anilines is 2. The van der Waals surface area contributed by atoms with Gasteiger partial charge in [-0.15, -0.1) is 5.92 Å². The molecule has 5 heterocycles. The highest BCUT2D eigenvalue weighted by atomic mass is 16.5. The zero-order chi connectivity index (χ0) is 28.2. The van der Waals surface area contributed by atoms with Crippen molar-refractivity contribution in [1.82, 2.24) is 33.6 Å². The molecule has 2 saturated heterocycles. The van der Waals surface area contributed by atoms with Crippen LogP contribution in [0.3, 0.4) is 0 Å². The van der Waals surface area contributed by atoms with E-state index < -0.39 is 0 Å². The van der Waals surface area contributed by atoms with Crippen molar-refractivity contribution in [2.45, 2.75) is 45.3 Å². The van der Waals surface area contributed by atoms with Crippen LogP contribution in [0, 0.1) is 11.8 Å². The average Bonchev–Trinajstić information content (AvgIpc) is 3.37. The van der Waals surface area contributed by atoms with Crippen molar-refractivity contribution >= 4 is 23.1 Å². The molecule has 0 radical (unpaired) electrons. The lowest BCUT2D eigenvalue weighted by atomic mass is 10.1. The van der Waals surface area contributed by atoms with Gasteiger partial charge in [0.15, 0.2) is 16.9 Å². The summed E-state index contributed by atoms with van der Waals surface area (Å²) in [6.07, 6.45) is 5.94. The van der Waals surface area contributed by atoms with Crippen molar-refractivity contribution in [2.24, 2.45) is 12.8 Å². The molecule has 1 atom stereocenters. The largest absolute Gasteiger partial charge is 0.494 e. The van der Waals surface area contributed by atoms with E-state index in [0.717, 1.165) is 52.1 Å². The van der Waals surface area contributed by atoms with Gasteiger partial charge in [0.2, 0.25) is 11.9 Å². The molecule has 2 aliphatic heterocycles. The summed E-state index contributed by atoms with van der Waals surface area (Å²) >= 11 is 0. The number of rotatable bonds is 8. The Hall–Kier alpha value is -3.89. The summed E-state index contributed by atoms with van der Waals surface area (Å²) < 4.78 is 9.81. The van der Waals surface area contributed by atoms with Crippen molar-refractivity contribution in [3.8, 4) is 17.6 Å². The number of methoxy groups -OCH3 is 1. The van der Waals surface area contributed by atoms with E-state index in [9.17, 15) is 9.59 Å². The first-order chi connectivity index (χ1) is 19.4. The summed E-state index contributed by atoms with van der Waals surface area (Å²) in [7, 11) is 3.27. The third-order valence-electron chi connectivity index (χ3n) is 7.73. The number of ether oxygens (including phenoxy) is 1. The monoisotopic (exact) mass is 550 g/mol. The number of aryl methyl sites for hydroxylation is 1. The summed E-state index contributed by atoms with van der Waals surface area (Å²) in [5, 5.41) is 0. The van der Waals surface area contributed by atoms with Gasteiger partial charge in [-0.1, -0.05) is 5.92 Å². The molecule has 0 unspecified atom stereocenters. The van der Waals surface area contributed by atoms with Gasteiger partial charge in [0.1, 0.15) is 0 Å². The van der Waals surface area contributed by atoms with Gasteiger partial charge in [-0.2, -0.15) is 4.98 Å². The Morgan fingerprint density at radius 1 is 1.05 bits per heavy atom. The number of hydrogen-bond acceptors (Lipinski definition) is 10. The van der Waals surface area contributed by atoms with E-state index in [4.69, 9.17) is 15.5 Å². The van der Waals surface area contributed by atoms with Gasteiger partial charge in [0, 0.05) is 58.9 Å². The lowest BCUT2D eigenvalue weighted by Gasteiger charge is -2.34. The molecule has 13 heteroatoms. The van der Waals surface area contributed by atoms with Crippen molar-refractivity contribution in [3.63, 3.8) is 0 Å². The van der Waals surface area contributed by atoms with Gasteiger partial charge in [-0.05, 0) is 32.7 Å². The number of nitrogens with zero attached hydrogens (tertiary/aromatic N) is 9. The Morgan fingerprint density at radius 3 is 2.48 bits per heavy atom. The third-order valence-corrected chi connectivity index (χ3v) is 7.73. The molecule has 0 bridgehead atoms. The van der Waals surface area contributed by atoms with E-state index in [-0.39, 0.29) is 17.3 Å². The second-order valence-corrected chi connectivity index (χ2v) is 10.3. The second kappa shape index (κ2) is 12.1. The van der Waals surface area contributed by atoms with Crippen LogP contribution < -0.4 is 31.5 Å². The number of aromatic nitrogens is 6. The molecule has 2 fully saturated rings. The van der Waals surface area contributed by atoms with Gasteiger partial charge < -0.3 is 20.3 Å². The van der Waals surface area contributed by atoms with Crippen molar-refractivity contribution in [1.29, 1.82) is 0 Å². The zero-order valence-electron chi connectivity index (χ0n) is 23.5. The van der Waals surface area contributed by atoms with Gasteiger partial charge in [-0.3, -0.25) is 23.4 Å². The number of hydrogen-bond donors (Lipinski definition) is 1. The Balaban J connectivity index is 1.31. The van der Waals surface area contributed by atoms with Gasteiger partial charge in [-0.25, -0.2) is 14.8 Å². The molecular formula is C27H38N10O3. The predicted octanol–water partition coefficient (Wildman–Crippen LogP) is -0.142. The minimum absolute atomic E-state index is 0.0466. The molecule has 0 saturated carbocycles. The lowest BCUT2D eigenvalue weighted by molar-refractivity contribution is 0.248. The number of fused-ring (bicyclic) bond motifs is 1. The quantitative estimate of drug-likeness (QED) is 0.378. The topological polar surface area (TPSA) is 133 Å². The summed E-state index contributed by atoms with van der Waals surface area (Å²) in [5.74, 6) is 7.97. The fraction of sp³-hybridized carbons (Fsp3) is 0.593. The molecule has 3 aromatic rings. The van der Waals surface area contributed by atoms with E-state index in [2.05, 4.69) is 36.5 Å². The first-order valence-electron chi connectivity index (χ1n) is 13.8. The van der Waals surface area contributed by atoms with Crippen molar-refractivity contribution < 1.29 is 4.74 Å². The van der Waals surface area contributed by atoms with Crippen molar-refractivity contribution in [3.05, 3.63) is 33.2 Å². The fourth-order valence-corrected chi connectivity index (χ4v) is 5.50. The lowest BCUT2D eigenvalue weighted by Crippen LogP contribution is -2.47. The molecule has 0 spiro atoms. The third kappa shape index (κ3) is 5.55. The van der Waals surface area contributed by atoms with Gasteiger partial charge in [0.25, 0.3) is 5.56 Å². The van der Waals surface area contributed by atoms with E-state index in [1.807, 2.05) is 4.57 Å². The number of piperidine rings is 1. The van der Waals surface area contributed by atoms with Crippen LogP contribution in [0.15, 0.2) is 22.0 Å². The van der Waals surface area contributed by atoms with E-state index in [0.29, 0.717) is 54.9 Å². The second-order valence-electron chi connectivity index (χ2n) is 10.3. The summed E-state index contributed by atoms with van der Waals surface area (Å²) in [5.41, 5.74) is 6.35. The standard InChI is InChI=1S/C27H38N10O3/c1-4-5-11-36-22-23(31-26(36)35-10-6-8-20(28)19-35)32(2)27(39)37(24(22)38)12-7-9-33-13-15-34(16-14-33)25-29-17-21(40-3)18-30-25/h17-18,20H,6-16,19,28H2,1-3H3/t20-/m1/s1. The van der Waals surface area contributed by atoms with E-state index in [1.54, 1.807) is 33.5 Å². The number of imidazole rings is 1. The molecule has 2 aliphatic rings. The van der Waals surface area contributed by atoms with Gasteiger partial charge >= 0.3 is 5.69 Å². The molecule has 2 N–H and O–H groups in total. The van der Waals surface area contributed by atoms with Crippen LogP contribution in [0.25, 0.3) is 11.2 Å². The molecule has 13 nitrogen and oxygen atoms in total. The fourth-order valence-electron chi connectivity index (χ4n) is 5.50. The van der Waals surface area contributed by atoms with E-state index in [1.165, 1.54) is 9.13 Å². The zero-order valence-corrected chi connectivity index (χ0v) is 23.5. The molecular weight excluding hydrogens is 512 g/mol. The molecule has 0 aromatic carbocycles. The Morgan fingerprint density at radius 2 is 1.80 bits per heavy atom. The molecule has 5 rings (SSSR count). The van der Waals surface area contributed by atoms with Crippen LogP contribution in [0.2, 0.25) is 0 Å². The Bertz CT molecular complexity index is 1510. The highest BCUT2D eigenvalue weighted by Crippen LogP contribution is 2.23. The summed E-state index contributed by atoms with van der Waals surface area (Å²) in [6, 6.07) is 0.0466. The van der Waals surface area contributed by atoms with Crippen LogP contribution >= 0.6 is 0 Å². The Kier molecular flexibility index (Phi) is 8.37. The van der Waals surface area contributed by atoms with Crippen LogP contribution in [-0.2, 0) is 20.1 Å². The van der Waals surface area contributed by atoms with Crippen LogP contribution in [0.4, 0.5) is 11.9 Å². The van der Waals surface area contributed by atoms with E-state index >= 15 is 0 Å². The number of nitrogens with two attached hydrogens (primary N) is 1. The van der Waals surface area contributed by atoms with Crippen LogP contribution in [0.5, 0.6) is 5.75 Å². The minimum Gasteiger partial charge on any atom is -0.494 e. The maximum Gasteiger partial charge on any atom is 0.332 e. The van der Waals surface area contributed by atoms with Gasteiger partial charge in [0.05, 0.1) is 26.0 Å².